The average Bonchev–Trinajstić information content (AvgIpc) is 3.11. The first-order valence-corrected chi connectivity index (χ1v) is 10.5. The second-order valence-electron chi connectivity index (χ2n) is 8.36. The highest BCUT2D eigenvalue weighted by atomic mass is 16.5. The third-order valence-electron chi connectivity index (χ3n) is 6.59. The van der Waals surface area contributed by atoms with Gasteiger partial charge in [0.1, 0.15) is 6.04 Å². The Morgan fingerprint density at radius 3 is 2.71 bits per heavy atom. The van der Waals surface area contributed by atoms with Crippen molar-refractivity contribution < 1.29 is 19.6 Å². The fourth-order valence-electron chi connectivity index (χ4n) is 5.03. The number of piperazine rings is 1. The van der Waals surface area contributed by atoms with E-state index in [1.54, 1.807) is 23.5 Å². The topological polar surface area (TPSA) is 94.9 Å². The molecule has 31 heavy (non-hydrogen) atoms. The Morgan fingerprint density at radius 1 is 1.16 bits per heavy atom. The molecule has 8 heteroatoms. The number of nitrogens with one attached hydrogen (secondary N) is 1. The molecule has 3 amide bonds. The predicted molar refractivity (Wildman–Crippen MR) is 113 cm³/mol. The molecule has 1 saturated heterocycles. The summed E-state index contributed by atoms with van der Waals surface area (Å²) in [5, 5.41) is 9.85. The molecule has 1 fully saturated rings. The van der Waals surface area contributed by atoms with Crippen LogP contribution < -0.4 is 5.48 Å². The van der Waals surface area contributed by atoms with Gasteiger partial charge in [-0.3, -0.25) is 19.6 Å². The summed E-state index contributed by atoms with van der Waals surface area (Å²) in [5.41, 5.74) is 6.50. The highest BCUT2D eigenvalue weighted by Crippen LogP contribution is 2.40. The third kappa shape index (κ3) is 3.06. The largest absolute Gasteiger partial charge is 0.340 e. The van der Waals surface area contributed by atoms with Gasteiger partial charge in [0.05, 0.1) is 6.54 Å². The fourth-order valence-corrected chi connectivity index (χ4v) is 5.03. The normalized spacial score (nSPS) is 20.9. The number of carbonyl (C=O) groups is 3. The van der Waals surface area contributed by atoms with E-state index in [9.17, 15) is 14.4 Å². The van der Waals surface area contributed by atoms with Crippen LogP contribution in [0.25, 0.3) is 10.9 Å². The number of nitrogens with zero attached hydrogens (tertiary/aromatic N) is 3. The first-order chi connectivity index (χ1) is 15.0. The number of hydroxylamine groups is 1. The lowest BCUT2D eigenvalue weighted by Crippen LogP contribution is -2.56. The Balaban J connectivity index is 1.59. The molecule has 0 bridgehead atoms. The van der Waals surface area contributed by atoms with E-state index in [-0.39, 0.29) is 18.4 Å². The Hall–Kier alpha value is -3.39. The Bertz CT molecular complexity index is 1180. The number of likely N-dealkylation sites (N-methyl/N-ethyl adjacent to an activating group) is 1. The fraction of sp³-hybridized carbons (Fsp3) is 0.348. The molecule has 0 spiro atoms. The van der Waals surface area contributed by atoms with Crippen molar-refractivity contribution in [3.63, 3.8) is 0 Å². The minimum Gasteiger partial charge on any atom is -0.340 e. The molecular formula is C23H24N4O4. The van der Waals surface area contributed by atoms with Gasteiger partial charge in [0.2, 0.25) is 11.8 Å². The van der Waals surface area contributed by atoms with Crippen LogP contribution in [0, 0.1) is 0 Å². The number of rotatable bonds is 3. The number of benzene rings is 1. The van der Waals surface area contributed by atoms with Gasteiger partial charge in [-0.1, -0.05) is 35.9 Å². The zero-order valence-corrected chi connectivity index (χ0v) is 17.3. The van der Waals surface area contributed by atoms with E-state index in [0.29, 0.717) is 31.5 Å². The van der Waals surface area contributed by atoms with Crippen LogP contribution >= 0.6 is 0 Å². The Morgan fingerprint density at radius 2 is 1.97 bits per heavy atom. The zero-order chi connectivity index (χ0) is 21.7. The summed E-state index contributed by atoms with van der Waals surface area (Å²) in [7, 11) is 1.68. The molecule has 8 nitrogen and oxygen atoms in total. The molecule has 1 aliphatic carbocycles. The zero-order valence-electron chi connectivity index (χ0n) is 17.3. The van der Waals surface area contributed by atoms with Crippen LogP contribution in [0.4, 0.5) is 0 Å². The van der Waals surface area contributed by atoms with Gasteiger partial charge in [-0.2, -0.15) is 0 Å². The average molecular weight is 420 g/mol. The highest BCUT2D eigenvalue weighted by molar-refractivity contribution is 6.00. The standard InChI is InChI=1S/C23H24N4O4/c1-25-13-19(28)26-11-10-18-20(21(26)23(25)30)16-4-2-3-5-17(16)27(18)12-14-6-8-15(9-7-14)22(29)24-31/h2-6,8,21,31H,7,9-13H2,1H3,(H,24,29). The van der Waals surface area contributed by atoms with Crippen molar-refractivity contribution in [3.05, 3.63) is 58.8 Å². The molecule has 160 valence electrons. The van der Waals surface area contributed by atoms with Crippen LogP contribution in [0.5, 0.6) is 0 Å². The van der Waals surface area contributed by atoms with Gasteiger partial charge >= 0.3 is 0 Å². The quantitative estimate of drug-likeness (QED) is 0.584. The molecule has 1 aromatic heterocycles. The van der Waals surface area contributed by atoms with Crippen molar-refractivity contribution in [2.75, 3.05) is 20.1 Å². The number of hydrogen-bond acceptors (Lipinski definition) is 4. The van der Waals surface area contributed by atoms with Crippen molar-refractivity contribution in [2.24, 2.45) is 0 Å². The van der Waals surface area contributed by atoms with E-state index in [1.165, 1.54) is 10.5 Å². The lowest BCUT2D eigenvalue weighted by atomic mass is 9.92. The molecule has 0 radical (unpaired) electrons. The van der Waals surface area contributed by atoms with Crippen molar-refractivity contribution >= 4 is 28.6 Å². The number of fused-ring (bicyclic) bond motifs is 5. The maximum atomic E-state index is 13.1. The molecule has 0 saturated carbocycles. The van der Waals surface area contributed by atoms with Crippen molar-refractivity contribution in [3.8, 4) is 0 Å². The van der Waals surface area contributed by atoms with Crippen molar-refractivity contribution in [2.45, 2.75) is 31.8 Å². The summed E-state index contributed by atoms with van der Waals surface area (Å²) in [5.74, 6) is -0.517. The van der Waals surface area contributed by atoms with Gasteiger partial charge < -0.3 is 14.4 Å². The second-order valence-corrected chi connectivity index (χ2v) is 8.36. The number of carbonyl (C=O) groups excluding carboxylic acids is 3. The van der Waals surface area contributed by atoms with E-state index in [2.05, 4.69) is 10.6 Å². The second kappa shape index (κ2) is 7.39. The van der Waals surface area contributed by atoms with Crippen LogP contribution in [0.2, 0.25) is 0 Å². The molecule has 2 aliphatic heterocycles. The summed E-state index contributed by atoms with van der Waals surface area (Å²) < 4.78 is 2.26. The molecule has 3 heterocycles. The molecule has 5 rings (SSSR count). The lowest BCUT2D eigenvalue weighted by Gasteiger charge is -2.42. The van der Waals surface area contributed by atoms with Gasteiger partial charge in [0, 0.05) is 54.3 Å². The van der Waals surface area contributed by atoms with E-state index in [4.69, 9.17) is 5.21 Å². The number of amides is 3. The smallest absolute Gasteiger partial charge is 0.270 e. The number of allylic oxidation sites excluding steroid dienone is 3. The summed E-state index contributed by atoms with van der Waals surface area (Å²) >= 11 is 0. The summed E-state index contributed by atoms with van der Waals surface area (Å²) in [6.07, 6.45) is 5.67. The van der Waals surface area contributed by atoms with Crippen LogP contribution in [0.1, 0.15) is 30.1 Å². The van der Waals surface area contributed by atoms with Crippen LogP contribution in [0.3, 0.4) is 0 Å². The maximum Gasteiger partial charge on any atom is 0.270 e. The van der Waals surface area contributed by atoms with Gasteiger partial charge in [-0.15, -0.1) is 0 Å². The summed E-state index contributed by atoms with van der Waals surface area (Å²) in [4.78, 5) is 40.6. The Labute approximate surface area is 179 Å². The number of hydrogen-bond donors (Lipinski definition) is 2. The van der Waals surface area contributed by atoms with Gasteiger partial charge in [0.25, 0.3) is 5.91 Å². The molecule has 2 N–H and O–H groups in total. The van der Waals surface area contributed by atoms with E-state index >= 15 is 0 Å². The van der Waals surface area contributed by atoms with Gasteiger partial charge in [-0.25, -0.2) is 5.48 Å². The van der Waals surface area contributed by atoms with Crippen LogP contribution in [-0.2, 0) is 27.3 Å². The maximum absolute atomic E-state index is 13.1. The summed E-state index contributed by atoms with van der Waals surface area (Å²) in [6, 6.07) is 7.47. The SMILES string of the molecule is CN1CC(=O)N2CCc3c(c4ccccc4n3CC3=CC=C(C(=O)NO)CC3)C2C1=O. The van der Waals surface area contributed by atoms with Crippen molar-refractivity contribution in [1.29, 1.82) is 0 Å². The van der Waals surface area contributed by atoms with Gasteiger partial charge in [-0.05, 0) is 18.9 Å². The summed E-state index contributed by atoms with van der Waals surface area (Å²) in [6.45, 7) is 1.32. The van der Waals surface area contributed by atoms with E-state index in [1.807, 2.05) is 24.3 Å². The monoisotopic (exact) mass is 420 g/mol. The van der Waals surface area contributed by atoms with Crippen LogP contribution in [-0.4, -0.2) is 57.4 Å². The van der Waals surface area contributed by atoms with Crippen molar-refractivity contribution in [1.82, 2.24) is 19.8 Å². The molecule has 1 atom stereocenters. The van der Waals surface area contributed by atoms with E-state index < -0.39 is 11.9 Å². The third-order valence-corrected chi connectivity index (χ3v) is 6.59. The van der Waals surface area contributed by atoms with Crippen LogP contribution in [0.15, 0.2) is 47.6 Å². The first-order valence-electron chi connectivity index (χ1n) is 10.5. The molecule has 3 aliphatic rings. The predicted octanol–water partition coefficient (Wildman–Crippen LogP) is 1.69. The number of para-hydroxylation sites is 1. The number of aromatic nitrogens is 1. The van der Waals surface area contributed by atoms with Gasteiger partial charge in [0.15, 0.2) is 0 Å². The molecule has 1 unspecified atom stereocenters. The lowest BCUT2D eigenvalue weighted by molar-refractivity contribution is -0.155. The van der Waals surface area contributed by atoms with E-state index in [0.717, 1.165) is 28.6 Å². The highest BCUT2D eigenvalue weighted by Gasteiger charge is 2.44. The molecular weight excluding hydrogens is 396 g/mol. The minimum atomic E-state index is -0.568. The molecule has 2 aromatic rings. The molecule has 1 aromatic carbocycles. The minimum absolute atomic E-state index is 0.00982. The Kier molecular flexibility index (Phi) is 4.66. The first kappa shape index (κ1) is 19.6.